The third kappa shape index (κ3) is 9.53. The Kier molecular flexibility index (Phi) is 9.04. The molecule has 0 saturated carbocycles. The average molecular weight is 254 g/mol. The molecule has 81 valence electrons. The Bertz CT molecular complexity index is 278. The predicted octanol–water partition coefficient (Wildman–Crippen LogP) is -3.11. The Morgan fingerprint density at radius 1 is 1.50 bits per heavy atom. The van der Waals surface area contributed by atoms with E-state index >= 15 is 0 Å². The Morgan fingerprint density at radius 2 is 1.93 bits per heavy atom. The molecule has 0 aliphatic heterocycles. The number of quaternary nitrogens is 1. The molecule has 0 aromatic carbocycles. The molecule has 0 amide bonds. The third-order valence-electron chi connectivity index (χ3n) is 1.30. The van der Waals surface area contributed by atoms with Crippen molar-refractivity contribution in [1.82, 2.24) is 0 Å². The second-order valence-corrected chi connectivity index (χ2v) is 5.73. The number of hydrogen-bond acceptors (Lipinski definition) is 4. The Morgan fingerprint density at radius 3 is 2.14 bits per heavy atom. The molecule has 0 bridgehead atoms. The van der Waals surface area contributed by atoms with Crippen LogP contribution in [0.1, 0.15) is 0 Å². The van der Waals surface area contributed by atoms with Crippen LogP contribution >= 0.6 is 0 Å². The fraction of sp³-hybridized carbons (Fsp3) is 1.00. The zero-order valence-electron chi connectivity index (χ0n) is 8.39. The van der Waals surface area contributed by atoms with Crippen molar-refractivity contribution in [1.29, 1.82) is 0 Å². The molecular formula is C5H13NNaO5S2. The van der Waals surface area contributed by atoms with Gasteiger partial charge in [-0.15, -0.1) is 0 Å². The summed E-state index contributed by atoms with van der Waals surface area (Å²) < 4.78 is 50.3. The van der Waals surface area contributed by atoms with E-state index in [4.69, 9.17) is 4.55 Å². The van der Waals surface area contributed by atoms with Crippen molar-refractivity contribution in [2.45, 2.75) is 5.25 Å². The number of rotatable bonds is 5. The van der Waals surface area contributed by atoms with Crippen LogP contribution in [-0.2, 0) is 21.2 Å². The fourth-order valence-electron chi connectivity index (χ4n) is 0.873. The molecule has 0 spiro atoms. The Hall–Kier alpha value is 0.980. The quantitative estimate of drug-likeness (QED) is 0.307. The molecule has 9 heteroatoms. The molecule has 0 aromatic heterocycles. The van der Waals surface area contributed by atoms with E-state index in [0.29, 0.717) is 0 Å². The molecule has 1 radical (unpaired) electrons. The van der Waals surface area contributed by atoms with Gasteiger partial charge in [-0.2, -0.15) is 8.42 Å². The van der Waals surface area contributed by atoms with Gasteiger partial charge in [-0.1, -0.05) is 0 Å². The van der Waals surface area contributed by atoms with Crippen molar-refractivity contribution in [2.24, 2.45) is 0 Å². The van der Waals surface area contributed by atoms with Crippen molar-refractivity contribution in [3.05, 3.63) is 0 Å². The maximum absolute atomic E-state index is 10.5. The smallest absolute Gasteiger partial charge is 0.266 e. The van der Waals surface area contributed by atoms with Crippen molar-refractivity contribution < 1.29 is 26.6 Å². The molecule has 0 aliphatic rings. The van der Waals surface area contributed by atoms with Gasteiger partial charge >= 0.3 is 0 Å². The zero-order chi connectivity index (χ0) is 10.6. The summed E-state index contributed by atoms with van der Waals surface area (Å²) in [5, 5.41) is -1.06. The molecule has 2 N–H and O–H groups in total. The summed E-state index contributed by atoms with van der Waals surface area (Å²) in [4.78, 5) is 0.804. The van der Waals surface area contributed by atoms with Crippen LogP contribution < -0.4 is 4.90 Å². The van der Waals surface area contributed by atoms with Crippen molar-refractivity contribution in [3.63, 3.8) is 0 Å². The minimum Gasteiger partial charge on any atom is -0.772 e. The molecule has 14 heavy (non-hydrogen) atoms. The van der Waals surface area contributed by atoms with Crippen LogP contribution in [0.15, 0.2) is 0 Å². The van der Waals surface area contributed by atoms with E-state index in [1.54, 1.807) is 14.1 Å². The van der Waals surface area contributed by atoms with Crippen molar-refractivity contribution in [3.8, 4) is 0 Å². The Balaban J connectivity index is 0. The zero-order valence-corrected chi connectivity index (χ0v) is 12.0. The third-order valence-corrected chi connectivity index (χ3v) is 3.22. The minimum absolute atomic E-state index is 0. The van der Waals surface area contributed by atoms with Gasteiger partial charge < -0.3 is 9.45 Å². The largest absolute Gasteiger partial charge is 0.772 e. The van der Waals surface area contributed by atoms with E-state index in [2.05, 4.69) is 0 Å². The summed E-state index contributed by atoms with van der Waals surface area (Å²) in [5.41, 5.74) is 0. The van der Waals surface area contributed by atoms with Crippen LogP contribution in [0.4, 0.5) is 0 Å². The van der Waals surface area contributed by atoms with Crippen molar-refractivity contribution in [2.75, 3.05) is 26.4 Å². The van der Waals surface area contributed by atoms with Gasteiger partial charge in [-0.3, -0.25) is 8.76 Å². The minimum atomic E-state index is -4.22. The first-order valence-electron chi connectivity index (χ1n) is 3.54. The van der Waals surface area contributed by atoms with Crippen LogP contribution in [0.25, 0.3) is 0 Å². The van der Waals surface area contributed by atoms with Crippen LogP contribution in [0, 0.1) is 0 Å². The van der Waals surface area contributed by atoms with E-state index < -0.39 is 32.2 Å². The van der Waals surface area contributed by atoms with Crippen LogP contribution in [0.3, 0.4) is 0 Å². The molecular weight excluding hydrogens is 241 g/mol. The van der Waals surface area contributed by atoms with E-state index in [9.17, 15) is 17.2 Å². The van der Waals surface area contributed by atoms with E-state index in [1.807, 2.05) is 0 Å². The predicted molar refractivity (Wildman–Crippen MR) is 52.6 cm³/mol. The second-order valence-electron chi connectivity index (χ2n) is 3.04. The number of nitrogens with one attached hydrogen (secondary N) is 1. The first-order chi connectivity index (χ1) is 5.72. The standard InChI is InChI=1S/C5H13NO5S2.Na/c1-6(2)3-5(12(7)8)4-13(9,10)11;/h5H,3-4H2,1-2H3,(H,7,8)(H,9,10,11);. The van der Waals surface area contributed by atoms with Gasteiger partial charge in [0.15, 0.2) is 0 Å². The van der Waals surface area contributed by atoms with E-state index in [-0.39, 0.29) is 36.1 Å². The van der Waals surface area contributed by atoms with Gasteiger partial charge in [-0.25, -0.2) is 0 Å². The molecule has 0 aliphatic carbocycles. The molecule has 2 atom stereocenters. The average Bonchev–Trinajstić information content (AvgIpc) is 1.81. The maximum atomic E-state index is 10.5. The molecule has 0 aromatic rings. The van der Waals surface area contributed by atoms with Gasteiger partial charge in [-0.05, 0) is 11.1 Å². The number of hydrogen-bond donors (Lipinski definition) is 2. The van der Waals surface area contributed by atoms with Gasteiger partial charge in [0, 0.05) is 29.6 Å². The normalized spacial score (nSPS) is 16.1. The van der Waals surface area contributed by atoms with Crippen LogP contribution in [0.5, 0.6) is 0 Å². The topological polar surface area (TPSA) is 98.9 Å². The molecule has 2 unspecified atom stereocenters. The van der Waals surface area contributed by atoms with Crippen molar-refractivity contribution >= 4 is 50.8 Å². The Labute approximate surface area is 108 Å². The van der Waals surface area contributed by atoms with Crippen LogP contribution in [-0.4, -0.2) is 82.9 Å². The SMILES string of the molecule is C[NH+](C)CC(CS(=O)(=O)O)S(=O)[O-].[Na]. The van der Waals surface area contributed by atoms with Gasteiger partial charge in [0.1, 0.15) is 0 Å². The molecule has 0 rings (SSSR count). The first kappa shape index (κ1) is 17.4. The second kappa shape index (κ2) is 7.29. The van der Waals surface area contributed by atoms with E-state index in [1.165, 1.54) is 0 Å². The van der Waals surface area contributed by atoms with E-state index in [0.717, 1.165) is 4.90 Å². The summed E-state index contributed by atoms with van der Waals surface area (Å²) in [5.74, 6) is -0.742. The summed E-state index contributed by atoms with van der Waals surface area (Å²) in [6.45, 7) is 0.149. The molecule has 6 nitrogen and oxygen atoms in total. The van der Waals surface area contributed by atoms with Gasteiger partial charge in [0.05, 0.1) is 31.6 Å². The van der Waals surface area contributed by atoms with Crippen LogP contribution in [0.2, 0.25) is 0 Å². The molecule has 0 heterocycles. The summed E-state index contributed by atoms with van der Waals surface area (Å²) in [6, 6.07) is 0. The molecule has 0 fully saturated rings. The maximum Gasteiger partial charge on any atom is 0.266 e. The summed E-state index contributed by atoms with van der Waals surface area (Å²) in [6.07, 6.45) is 0. The van der Waals surface area contributed by atoms with Gasteiger partial charge in [0.2, 0.25) is 0 Å². The molecule has 0 saturated heterocycles. The summed E-state index contributed by atoms with van der Waals surface area (Å²) in [7, 11) is -0.824. The van der Waals surface area contributed by atoms with Gasteiger partial charge in [0.25, 0.3) is 10.1 Å². The monoisotopic (exact) mass is 254 g/mol. The summed E-state index contributed by atoms with van der Waals surface area (Å²) >= 11 is -2.48. The first-order valence-corrected chi connectivity index (χ1v) is 6.29. The fourth-order valence-corrected chi connectivity index (χ4v) is 2.89.